The van der Waals surface area contributed by atoms with Gasteiger partial charge in [-0.2, -0.15) is 5.26 Å². The Morgan fingerprint density at radius 1 is 1.36 bits per heavy atom. The second-order valence-corrected chi connectivity index (χ2v) is 7.98. The molecule has 3 atom stereocenters. The van der Waals surface area contributed by atoms with E-state index in [0.29, 0.717) is 37.4 Å². The van der Waals surface area contributed by atoms with Gasteiger partial charge in [-0.05, 0) is 18.4 Å². The van der Waals surface area contributed by atoms with E-state index in [-0.39, 0.29) is 30.3 Å². The Labute approximate surface area is 194 Å². The van der Waals surface area contributed by atoms with Crippen molar-refractivity contribution in [2.45, 2.75) is 51.8 Å². The maximum atomic E-state index is 12.7. The standard InChI is InChI=1S/C22H34N8O3/c1-5-15(2)17(13-26-19(32)8-10-23)29(4)20-16-9-12-30(21(16)28-14-27-20)22(33)25-11-6-7-18(31)24-3/h9,12,14-15,17,19,26,32H,5-8,11,13H2,1-4H3,(H,24,31)(H,25,33)/t15-,17+,19?/m1/s1. The van der Waals surface area contributed by atoms with E-state index in [9.17, 15) is 14.7 Å². The number of hydrogen-bond donors (Lipinski definition) is 4. The number of aliphatic hydroxyl groups excluding tert-OH is 1. The summed E-state index contributed by atoms with van der Waals surface area (Å²) in [5.41, 5.74) is 0.482. The summed E-state index contributed by atoms with van der Waals surface area (Å²) >= 11 is 0. The summed E-state index contributed by atoms with van der Waals surface area (Å²) < 4.78 is 1.43. The van der Waals surface area contributed by atoms with Crippen molar-refractivity contribution in [2.75, 3.05) is 32.1 Å². The Kier molecular flexibility index (Phi) is 10.0. The summed E-state index contributed by atoms with van der Waals surface area (Å²) in [6.45, 7) is 5.05. The van der Waals surface area contributed by atoms with Crippen LogP contribution >= 0.6 is 0 Å². The van der Waals surface area contributed by atoms with Crippen LogP contribution in [-0.4, -0.2) is 71.0 Å². The average Bonchev–Trinajstić information content (AvgIpc) is 3.25. The van der Waals surface area contributed by atoms with Crippen LogP contribution in [0.15, 0.2) is 18.6 Å². The summed E-state index contributed by atoms with van der Waals surface area (Å²) in [4.78, 5) is 34.8. The first kappa shape index (κ1) is 26.0. The SMILES string of the molecule is CC[C@@H](C)[C@H](CNC(O)CC#N)N(C)c1ncnc2c1ccn2C(=O)NCCCC(=O)NC. The molecule has 4 N–H and O–H groups in total. The number of carbonyl (C=O) groups is 2. The number of amides is 2. The van der Waals surface area contributed by atoms with Crippen LogP contribution < -0.4 is 20.9 Å². The summed E-state index contributed by atoms with van der Waals surface area (Å²) in [6.07, 6.45) is 3.98. The lowest BCUT2D eigenvalue weighted by atomic mass is 9.97. The molecule has 0 aliphatic heterocycles. The van der Waals surface area contributed by atoms with Crippen LogP contribution in [0.2, 0.25) is 0 Å². The van der Waals surface area contributed by atoms with Gasteiger partial charge in [0.1, 0.15) is 18.4 Å². The van der Waals surface area contributed by atoms with E-state index in [1.165, 1.54) is 10.9 Å². The number of hydrogen-bond acceptors (Lipinski definition) is 8. The molecule has 0 spiro atoms. The van der Waals surface area contributed by atoms with Gasteiger partial charge in [-0.15, -0.1) is 0 Å². The quantitative estimate of drug-likeness (QED) is 0.274. The molecule has 2 aromatic heterocycles. The summed E-state index contributed by atoms with van der Waals surface area (Å²) in [5.74, 6) is 0.877. The minimum atomic E-state index is -0.895. The highest BCUT2D eigenvalue weighted by atomic mass is 16.3. The van der Waals surface area contributed by atoms with Gasteiger partial charge in [0.25, 0.3) is 0 Å². The first-order chi connectivity index (χ1) is 15.8. The third kappa shape index (κ3) is 6.87. The Balaban J connectivity index is 2.19. The number of aromatic nitrogens is 3. The number of nitrogens with one attached hydrogen (secondary N) is 3. The molecule has 0 aromatic carbocycles. The molecule has 1 unspecified atom stereocenters. The molecule has 0 fully saturated rings. The first-order valence-electron chi connectivity index (χ1n) is 11.2. The van der Waals surface area contributed by atoms with Crippen molar-refractivity contribution in [1.82, 2.24) is 30.5 Å². The molecule has 11 nitrogen and oxygen atoms in total. The van der Waals surface area contributed by atoms with E-state index in [1.807, 2.05) is 18.0 Å². The summed E-state index contributed by atoms with van der Waals surface area (Å²) in [6, 6.07) is 3.42. The molecule has 2 amide bonds. The van der Waals surface area contributed by atoms with Gasteiger partial charge in [-0.1, -0.05) is 20.3 Å². The van der Waals surface area contributed by atoms with Gasteiger partial charge in [0.05, 0.1) is 17.9 Å². The lowest BCUT2D eigenvalue weighted by Gasteiger charge is -2.34. The average molecular weight is 459 g/mol. The van der Waals surface area contributed by atoms with E-state index in [1.54, 1.807) is 19.3 Å². The van der Waals surface area contributed by atoms with Crippen LogP contribution in [0, 0.1) is 17.2 Å². The van der Waals surface area contributed by atoms with E-state index in [2.05, 4.69) is 39.8 Å². The highest BCUT2D eigenvalue weighted by Crippen LogP contribution is 2.27. The van der Waals surface area contributed by atoms with Gasteiger partial charge in [-0.3, -0.25) is 14.7 Å². The third-order valence-electron chi connectivity index (χ3n) is 5.79. The monoisotopic (exact) mass is 458 g/mol. The van der Waals surface area contributed by atoms with Crippen LogP contribution in [0.4, 0.5) is 10.6 Å². The molecule has 180 valence electrons. The second kappa shape index (κ2) is 12.7. The van der Waals surface area contributed by atoms with E-state index >= 15 is 0 Å². The van der Waals surface area contributed by atoms with Gasteiger partial charge >= 0.3 is 6.03 Å². The molecule has 0 aliphatic carbocycles. The minimum absolute atomic E-state index is 0.00969. The van der Waals surface area contributed by atoms with Crippen LogP contribution in [0.5, 0.6) is 0 Å². The number of anilines is 1. The molecule has 2 aromatic rings. The number of likely N-dealkylation sites (N-methyl/N-ethyl adjacent to an activating group) is 1. The molecule has 2 rings (SSSR count). The zero-order chi connectivity index (χ0) is 24.4. The van der Waals surface area contributed by atoms with Crippen molar-refractivity contribution in [3.8, 4) is 6.07 Å². The fourth-order valence-corrected chi connectivity index (χ4v) is 3.60. The van der Waals surface area contributed by atoms with Crippen molar-refractivity contribution in [3.63, 3.8) is 0 Å². The van der Waals surface area contributed by atoms with Crippen molar-refractivity contribution < 1.29 is 14.7 Å². The number of nitrogens with zero attached hydrogens (tertiary/aromatic N) is 5. The number of nitriles is 1. The molecular formula is C22H34N8O3. The molecule has 33 heavy (non-hydrogen) atoms. The second-order valence-electron chi connectivity index (χ2n) is 7.98. The Bertz CT molecular complexity index is 970. The largest absolute Gasteiger partial charge is 0.378 e. The zero-order valence-electron chi connectivity index (χ0n) is 19.7. The van der Waals surface area contributed by atoms with Crippen molar-refractivity contribution in [1.29, 1.82) is 5.26 Å². The lowest BCUT2D eigenvalue weighted by molar-refractivity contribution is -0.120. The fourth-order valence-electron chi connectivity index (χ4n) is 3.60. The maximum absolute atomic E-state index is 12.7. The first-order valence-corrected chi connectivity index (χ1v) is 11.2. The topological polar surface area (TPSA) is 148 Å². The maximum Gasteiger partial charge on any atom is 0.327 e. The van der Waals surface area contributed by atoms with Crippen LogP contribution in [0.1, 0.15) is 39.5 Å². The normalized spacial score (nSPS) is 13.7. The highest BCUT2D eigenvalue weighted by molar-refractivity contribution is 5.94. The molecule has 11 heteroatoms. The summed E-state index contributed by atoms with van der Waals surface area (Å²) in [5, 5.41) is 27.8. The number of rotatable bonds is 12. The number of carbonyl (C=O) groups excluding carboxylic acids is 2. The lowest BCUT2D eigenvalue weighted by Crippen LogP contribution is -2.47. The van der Waals surface area contributed by atoms with Gasteiger partial charge in [0.15, 0.2) is 5.65 Å². The van der Waals surface area contributed by atoms with Crippen molar-refractivity contribution >= 4 is 28.8 Å². The Morgan fingerprint density at radius 2 is 2.12 bits per heavy atom. The molecule has 2 heterocycles. The fraction of sp³-hybridized carbons (Fsp3) is 0.591. The predicted molar refractivity (Wildman–Crippen MR) is 126 cm³/mol. The highest BCUT2D eigenvalue weighted by Gasteiger charge is 2.25. The van der Waals surface area contributed by atoms with Crippen LogP contribution in [0.3, 0.4) is 0 Å². The number of fused-ring (bicyclic) bond motifs is 1. The van der Waals surface area contributed by atoms with E-state index < -0.39 is 6.23 Å². The Morgan fingerprint density at radius 3 is 2.79 bits per heavy atom. The van der Waals surface area contributed by atoms with Gasteiger partial charge in [0, 0.05) is 45.8 Å². The third-order valence-corrected chi connectivity index (χ3v) is 5.79. The van der Waals surface area contributed by atoms with Crippen LogP contribution in [0.25, 0.3) is 11.0 Å². The van der Waals surface area contributed by atoms with E-state index in [4.69, 9.17) is 5.26 Å². The van der Waals surface area contributed by atoms with Gasteiger partial charge < -0.3 is 20.6 Å². The van der Waals surface area contributed by atoms with Gasteiger partial charge in [-0.25, -0.2) is 14.8 Å². The van der Waals surface area contributed by atoms with Crippen LogP contribution in [-0.2, 0) is 4.79 Å². The van der Waals surface area contributed by atoms with Gasteiger partial charge in [0.2, 0.25) is 5.91 Å². The zero-order valence-corrected chi connectivity index (χ0v) is 19.7. The summed E-state index contributed by atoms with van der Waals surface area (Å²) in [7, 11) is 3.50. The molecule has 0 saturated heterocycles. The molecule has 0 bridgehead atoms. The van der Waals surface area contributed by atoms with E-state index in [0.717, 1.165) is 11.8 Å². The molecule has 0 radical (unpaired) electrons. The van der Waals surface area contributed by atoms with Crippen molar-refractivity contribution in [2.24, 2.45) is 5.92 Å². The molecular weight excluding hydrogens is 424 g/mol. The minimum Gasteiger partial charge on any atom is -0.378 e. The smallest absolute Gasteiger partial charge is 0.327 e. The predicted octanol–water partition coefficient (Wildman–Crippen LogP) is 1.19. The number of aliphatic hydroxyl groups is 1. The Hall–Kier alpha value is -3.23. The van der Waals surface area contributed by atoms with Crippen molar-refractivity contribution in [3.05, 3.63) is 18.6 Å². The molecule has 0 saturated carbocycles. The molecule has 0 aliphatic rings.